The van der Waals surface area contributed by atoms with E-state index in [2.05, 4.69) is 11.6 Å². The SMILES string of the molecule is C=C(c1ccccc1F)C(O)(CN=CN)C1(Cl)CC1.N=N. The molecule has 5 N–H and O–H groups in total. The Hall–Kier alpha value is -1.79. The molecule has 0 aromatic heterocycles. The van der Waals surface area contributed by atoms with E-state index in [1.54, 1.807) is 18.2 Å². The molecule has 7 heteroatoms. The van der Waals surface area contributed by atoms with Crippen LogP contribution in [0.1, 0.15) is 18.4 Å². The first-order valence-corrected chi connectivity index (χ1v) is 6.63. The van der Waals surface area contributed by atoms with Gasteiger partial charge in [-0.3, -0.25) is 4.99 Å². The van der Waals surface area contributed by atoms with Crippen LogP contribution in [0.5, 0.6) is 0 Å². The summed E-state index contributed by atoms with van der Waals surface area (Å²) in [6.07, 6.45) is 2.37. The van der Waals surface area contributed by atoms with Crippen LogP contribution in [0.25, 0.3) is 5.57 Å². The summed E-state index contributed by atoms with van der Waals surface area (Å²) >= 11 is 6.34. The highest BCUT2D eigenvalue weighted by Gasteiger charge is 2.59. The van der Waals surface area contributed by atoms with E-state index >= 15 is 0 Å². The highest BCUT2D eigenvalue weighted by molar-refractivity contribution is 6.27. The minimum absolute atomic E-state index is 0.0276. The minimum Gasteiger partial charge on any atom is -0.390 e. The average Bonchev–Trinajstić information content (AvgIpc) is 3.26. The van der Waals surface area contributed by atoms with Gasteiger partial charge >= 0.3 is 0 Å². The zero-order valence-corrected chi connectivity index (χ0v) is 12.2. The van der Waals surface area contributed by atoms with Gasteiger partial charge in [-0.15, -0.1) is 11.6 Å². The molecule has 21 heavy (non-hydrogen) atoms. The van der Waals surface area contributed by atoms with Crippen molar-refractivity contribution < 1.29 is 9.50 Å². The Morgan fingerprint density at radius 3 is 2.57 bits per heavy atom. The van der Waals surface area contributed by atoms with Gasteiger partial charge in [-0.05, 0) is 24.5 Å². The molecule has 0 saturated heterocycles. The summed E-state index contributed by atoms with van der Waals surface area (Å²) in [6, 6.07) is 6.15. The number of nitrogens with zero attached hydrogens (tertiary/aromatic N) is 1. The van der Waals surface area contributed by atoms with Crippen molar-refractivity contribution >= 4 is 23.5 Å². The van der Waals surface area contributed by atoms with Crippen molar-refractivity contribution in [1.29, 1.82) is 11.1 Å². The first-order valence-electron chi connectivity index (χ1n) is 6.25. The molecule has 0 radical (unpaired) electrons. The molecule has 1 aliphatic rings. The van der Waals surface area contributed by atoms with Gasteiger partial charge < -0.3 is 10.8 Å². The van der Waals surface area contributed by atoms with Crippen molar-refractivity contribution in [2.24, 2.45) is 10.7 Å². The lowest BCUT2D eigenvalue weighted by atomic mass is 9.84. The van der Waals surface area contributed by atoms with Gasteiger partial charge in [0.25, 0.3) is 0 Å². The van der Waals surface area contributed by atoms with Crippen molar-refractivity contribution in [3.63, 3.8) is 0 Å². The Labute approximate surface area is 127 Å². The third-order valence-electron chi connectivity index (χ3n) is 3.55. The lowest BCUT2D eigenvalue weighted by molar-refractivity contribution is 0.0982. The lowest BCUT2D eigenvalue weighted by Crippen LogP contribution is -2.45. The van der Waals surface area contributed by atoms with Gasteiger partial charge in [-0.2, -0.15) is 0 Å². The van der Waals surface area contributed by atoms with Crippen LogP contribution in [-0.4, -0.2) is 28.5 Å². The van der Waals surface area contributed by atoms with E-state index in [1.165, 1.54) is 6.07 Å². The maximum atomic E-state index is 13.8. The Balaban J connectivity index is 0.00000106. The molecule has 0 spiro atoms. The first-order chi connectivity index (χ1) is 9.94. The van der Waals surface area contributed by atoms with Crippen molar-refractivity contribution in [2.75, 3.05) is 6.54 Å². The van der Waals surface area contributed by atoms with Gasteiger partial charge in [-0.1, -0.05) is 24.8 Å². The summed E-state index contributed by atoms with van der Waals surface area (Å²) in [6.45, 7) is 3.80. The number of aliphatic imine (C=N–C) groups is 1. The molecule has 1 aromatic carbocycles. The third-order valence-corrected chi connectivity index (χ3v) is 4.24. The number of rotatable bonds is 5. The predicted molar refractivity (Wildman–Crippen MR) is 81.2 cm³/mol. The molecular formula is C14H18ClFN4O. The number of aliphatic hydroxyl groups is 1. The van der Waals surface area contributed by atoms with E-state index in [-0.39, 0.29) is 17.7 Å². The van der Waals surface area contributed by atoms with Crippen LogP contribution in [-0.2, 0) is 0 Å². The van der Waals surface area contributed by atoms with Crippen molar-refractivity contribution in [1.82, 2.24) is 0 Å². The Morgan fingerprint density at radius 1 is 1.52 bits per heavy atom. The molecule has 114 valence electrons. The molecule has 0 aliphatic heterocycles. The largest absolute Gasteiger partial charge is 0.390 e. The van der Waals surface area contributed by atoms with Crippen LogP contribution >= 0.6 is 11.6 Å². The van der Waals surface area contributed by atoms with Gasteiger partial charge in [0.2, 0.25) is 0 Å². The maximum Gasteiger partial charge on any atom is 0.130 e. The fourth-order valence-corrected chi connectivity index (χ4v) is 2.41. The quantitative estimate of drug-likeness (QED) is 0.290. The van der Waals surface area contributed by atoms with Crippen LogP contribution in [0.2, 0.25) is 0 Å². The Bertz CT molecular complexity index is 548. The molecule has 1 unspecified atom stereocenters. The zero-order valence-electron chi connectivity index (χ0n) is 11.4. The molecule has 1 fully saturated rings. The highest BCUT2D eigenvalue weighted by Crippen LogP contribution is 2.55. The van der Waals surface area contributed by atoms with Crippen molar-refractivity contribution in [3.05, 3.63) is 42.2 Å². The summed E-state index contributed by atoms with van der Waals surface area (Å²) in [5.74, 6) is -0.441. The van der Waals surface area contributed by atoms with Crippen LogP contribution < -0.4 is 5.73 Å². The van der Waals surface area contributed by atoms with E-state index in [1.807, 2.05) is 0 Å². The molecule has 2 rings (SSSR count). The molecule has 1 aliphatic carbocycles. The highest BCUT2D eigenvalue weighted by atomic mass is 35.5. The molecule has 0 heterocycles. The summed E-state index contributed by atoms with van der Waals surface area (Å²) in [7, 11) is 0. The van der Waals surface area contributed by atoms with E-state index in [0.29, 0.717) is 12.8 Å². The van der Waals surface area contributed by atoms with Gasteiger partial charge in [0.15, 0.2) is 0 Å². The minimum atomic E-state index is -1.49. The van der Waals surface area contributed by atoms with Crippen molar-refractivity contribution in [2.45, 2.75) is 23.3 Å². The van der Waals surface area contributed by atoms with Gasteiger partial charge in [0.05, 0.1) is 17.8 Å². The molecule has 0 bridgehead atoms. The zero-order chi connectivity index (χ0) is 16.1. The Morgan fingerprint density at radius 2 is 2.10 bits per heavy atom. The number of nitrogens with two attached hydrogens (primary N) is 1. The van der Waals surface area contributed by atoms with Crippen LogP contribution in [0, 0.1) is 16.9 Å². The molecule has 0 amide bonds. The topological polar surface area (TPSA) is 106 Å². The molecular weight excluding hydrogens is 295 g/mol. The van der Waals surface area contributed by atoms with E-state index in [9.17, 15) is 9.50 Å². The van der Waals surface area contributed by atoms with Gasteiger partial charge in [0, 0.05) is 5.56 Å². The monoisotopic (exact) mass is 312 g/mol. The number of hydrogen-bond acceptors (Lipinski definition) is 4. The van der Waals surface area contributed by atoms with E-state index < -0.39 is 16.3 Å². The summed E-state index contributed by atoms with van der Waals surface area (Å²) < 4.78 is 13.8. The fourth-order valence-electron chi connectivity index (χ4n) is 2.14. The molecule has 1 atom stereocenters. The van der Waals surface area contributed by atoms with Gasteiger partial charge in [0.1, 0.15) is 11.4 Å². The normalized spacial score (nSPS) is 18.4. The van der Waals surface area contributed by atoms with Crippen molar-refractivity contribution in [3.8, 4) is 0 Å². The summed E-state index contributed by atoms with van der Waals surface area (Å²) in [5.41, 5.74) is 14.2. The number of benzene rings is 1. The number of hydrogen-bond donors (Lipinski definition) is 4. The number of halogens is 2. The maximum absolute atomic E-state index is 13.8. The lowest BCUT2D eigenvalue weighted by Gasteiger charge is -2.33. The second-order valence-electron chi connectivity index (χ2n) is 4.77. The molecule has 1 aromatic rings. The van der Waals surface area contributed by atoms with Gasteiger partial charge in [-0.25, -0.2) is 15.5 Å². The molecule has 5 nitrogen and oxygen atoms in total. The second-order valence-corrected chi connectivity index (χ2v) is 5.50. The summed E-state index contributed by atoms with van der Waals surface area (Å²) in [4.78, 5) is 3.03. The first kappa shape index (κ1) is 17.3. The third kappa shape index (κ3) is 3.28. The van der Waals surface area contributed by atoms with Crippen LogP contribution in [0.3, 0.4) is 0 Å². The number of alkyl halides is 1. The Kier molecular flexibility index (Phi) is 5.57. The molecule has 1 saturated carbocycles. The standard InChI is InChI=1S/C14H16ClFN2O.H2N2/c1-10(11-4-2-3-5-12(11)16)14(19,8-18-9-17)13(15)6-7-13;1-2/h2-5,9,19H,1,6-8H2,(H2,17,18);1-2H. The second kappa shape index (κ2) is 6.78. The average molecular weight is 313 g/mol. The van der Waals surface area contributed by atoms with Crippen LogP contribution in [0.15, 0.2) is 35.8 Å². The van der Waals surface area contributed by atoms with Crippen LogP contribution in [0.4, 0.5) is 4.39 Å². The van der Waals surface area contributed by atoms with E-state index in [0.717, 1.165) is 6.34 Å². The van der Waals surface area contributed by atoms with E-state index in [4.69, 9.17) is 28.4 Å². The predicted octanol–water partition coefficient (Wildman–Crippen LogP) is 2.92. The summed E-state index contributed by atoms with van der Waals surface area (Å²) in [5, 5.41) is 10.8. The smallest absolute Gasteiger partial charge is 0.130 e. The number of nitrogens with one attached hydrogen (secondary N) is 2. The fraction of sp³-hybridized carbons (Fsp3) is 0.357.